The van der Waals surface area contributed by atoms with Crippen molar-refractivity contribution < 1.29 is 67.4 Å². The van der Waals surface area contributed by atoms with E-state index in [1.54, 1.807) is 33.8 Å². The highest BCUT2D eigenvalue weighted by Gasteiger charge is 2.31. The molecule has 5 atom stereocenters. The maximum Gasteiger partial charge on any atom is 0.296 e. The predicted octanol–water partition coefficient (Wildman–Crippen LogP) is 8.64. The van der Waals surface area contributed by atoms with Crippen molar-refractivity contribution in [2.75, 3.05) is 26.6 Å². The van der Waals surface area contributed by atoms with E-state index in [1.807, 2.05) is 43.3 Å². The molecule has 27 heteroatoms. The molecule has 5 heterocycles. The number of carbonyl (C=O) groups excluding carboxylic acids is 5. The average molecular weight is 1100 g/mol. The molecule has 0 aromatic heterocycles. The third kappa shape index (κ3) is 14.0. The number of benzene rings is 6. The predicted molar refractivity (Wildman–Crippen MR) is 286 cm³/mol. The van der Waals surface area contributed by atoms with Gasteiger partial charge in [-0.05, 0) is 88.1 Å². The summed E-state index contributed by atoms with van der Waals surface area (Å²) >= 11 is 0. The van der Waals surface area contributed by atoms with Crippen LogP contribution in [0.3, 0.4) is 0 Å². The molecule has 6 aromatic rings. The molecule has 5 N–H and O–H groups in total. The Labute approximate surface area is 453 Å². The van der Waals surface area contributed by atoms with E-state index in [-0.39, 0.29) is 58.0 Å². The summed E-state index contributed by atoms with van der Waals surface area (Å²) in [6, 6.07) is 32.9. The Balaban J connectivity index is 0.000000145. The first-order valence-corrected chi connectivity index (χ1v) is 24.3. The molecule has 80 heavy (non-hydrogen) atoms. The number of nitrogens with zero attached hydrogens (tertiary/aromatic N) is 4. The van der Waals surface area contributed by atoms with Crippen molar-refractivity contribution in [1.82, 2.24) is 0 Å². The number of fused-ring (bicyclic) bond motifs is 5. The fourth-order valence-corrected chi connectivity index (χ4v) is 7.70. The number of rotatable bonds is 7. The summed E-state index contributed by atoms with van der Waals surface area (Å²) in [5.41, 5.74) is 4.08. The van der Waals surface area contributed by atoms with Gasteiger partial charge in [-0.25, -0.2) is 0 Å². The number of para-hydroxylation sites is 1. The fraction of sp³-hybridized carbons (Fsp3) is 0.226. The molecule has 11 rings (SSSR count). The van der Waals surface area contributed by atoms with Crippen LogP contribution in [-0.4, -0.2) is 79.7 Å². The summed E-state index contributed by atoms with van der Waals surface area (Å²) in [6.07, 6.45) is -1.36. The molecule has 0 bridgehead atoms. The standard InChI is InChI=1S/C16H15NO2.C10H10N2O4.3C9H8N2O4/c1-11-16(18)17-14-10-13(7-8-15(14)19-11)9-12-5-3-2-4-6-12;1-2-8-10(13)11-7-5-6(12(14)15)3-4-9(7)16-8;1-5-9(12)10-7-4-6(11(13)14)2-3-8(7)15-5;1-5-9(12)10-7-3-2-6(11(13)14)4-8(7)15-5;1-5-9(12)10-8-6(11(13)14)3-2-4-7(8)15-5/h2-8,10-11H,9H2,1H3,(H,17,18);3-5,8H,2H2,1H3,(H,11,13);3*2-5H,1H3,(H,10,12). The topological polar surface area (TPSA) is 364 Å². The van der Waals surface area contributed by atoms with E-state index < -0.39 is 50.2 Å². The number of nitro groups is 4. The summed E-state index contributed by atoms with van der Waals surface area (Å²) in [6.45, 7) is 8.35. The minimum Gasteiger partial charge on any atom is -0.479 e. The van der Waals surface area contributed by atoms with Crippen molar-refractivity contribution in [3.63, 3.8) is 0 Å². The molecule has 0 fully saturated rings. The Morgan fingerprint density at radius 1 is 0.400 bits per heavy atom. The molecule has 5 aliphatic heterocycles. The lowest BCUT2D eigenvalue weighted by atomic mass is 10.0. The molecule has 5 aliphatic rings. The number of hydrogen-bond acceptors (Lipinski definition) is 18. The summed E-state index contributed by atoms with van der Waals surface area (Å²) in [5, 5.41) is 55.2. The smallest absolute Gasteiger partial charge is 0.296 e. The third-order valence-electron chi connectivity index (χ3n) is 11.9. The summed E-state index contributed by atoms with van der Waals surface area (Å²) in [4.78, 5) is 96.8. The Kier molecular flexibility index (Phi) is 17.8. The second-order valence-electron chi connectivity index (χ2n) is 17.7. The van der Waals surface area contributed by atoms with Gasteiger partial charge in [0.2, 0.25) is 0 Å². The van der Waals surface area contributed by atoms with Crippen LogP contribution in [0.2, 0.25) is 0 Å². The molecular formula is C53H49N9O18. The number of ether oxygens (including phenoxy) is 5. The first-order chi connectivity index (χ1) is 38.1. The molecule has 0 aliphatic carbocycles. The largest absolute Gasteiger partial charge is 0.479 e. The summed E-state index contributed by atoms with van der Waals surface area (Å²) in [7, 11) is 0. The zero-order valence-electron chi connectivity index (χ0n) is 43.0. The number of hydrogen-bond donors (Lipinski definition) is 5. The lowest BCUT2D eigenvalue weighted by Crippen LogP contribution is -2.36. The van der Waals surface area contributed by atoms with E-state index in [2.05, 4.69) is 38.7 Å². The van der Waals surface area contributed by atoms with E-state index in [1.165, 1.54) is 72.3 Å². The van der Waals surface area contributed by atoms with Gasteiger partial charge in [-0.1, -0.05) is 49.4 Å². The second-order valence-corrected chi connectivity index (χ2v) is 17.7. The van der Waals surface area contributed by atoms with Gasteiger partial charge in [-0.3, -0.25) is 64.4 Å². The third-order valence-corrected chi connectivity index (χ3v) is 11.9. The van der Waals surface area contributed by atoms with Gasteiger partial charge in [0, 0.05) is 36.4 Å². The molecule has 5 amide bonds. The van der Waals surface area contributed by atoms with Gasteiger partial charge < -0.3 is 50.3 Å². The van der Waals surface area contributed by atoms with Crippen molar-refractivity contribution in [2.24, 2.45) is 0 Å². The molecule has 0 saturated heterocycles. The van der Waals surface area contributed by atoms with Crippen molar-refractivity contribution in [1.29, 1.82) is 0 Å². The van der Waals surface area contributed by atoms with E-state index in [9.17, 15) is 64.4 Å². The van der Waals surface area contributed by atoms with Gasteiger partial charge in [0.1, 0.15) is 17.2 Å². The normalized spacial score (nSPS) is 18.3. The number of nitro benzene ring substituents is 4. The summed E-state index contributed by atoms with van der Waals surface area (Å²) in [5.74, 6) is 1.03. The molecule has 6 aromatic carbocycles. The maximum absolute atomic E-state index is 11.6. The van der Waals surface area contributed by atoms with Gasteiger partial charge in [0.25, 0.3) is 52.3 Å². The van der Waals surface area contributed by atoms with Gasteiger partial charge in [0.05, 0.1) is 48.5 Å². The Hall–Kier alpha value is -10.7. The van der Waals surface area contributed by atoms with Crippen LogP contribution in [0.4, 0.5) is 51.2 Å². The highest BCUT2D eigenvalue weighted by molar-refractivity contribution is 6.01. The quantitative estimate of drug-likeness (QED) is 0.0737. The van der Waals surface area contributed by atoms with E-state index >= 15 is 0 Å². The molecular weight excluding hydrogens is 1050 g/mol. The molecule has 27 nitrogen and oxygen atoms in total. The van der Waals surface area contributed by atoms with E-state index in [0.29, 0.717) is 46.5 Å². The lowest BCUT2D eigenvalue weighted by molar-refractivity contribution is -0.385. The average Bonchev–Trinajstić information content (AvgIpc) is 3.48. The van der Waals surface area contributed by atoms with Gasteiger partial charge in [-0.15, -0.1) is 0 Å². The maximum atomic E-state index is 11.6. The van der Waals surface area contributed by atoms with Crippen LogP contribution < -0.4 is 50.3 Å². The Bertz CT molecular complexity index is 3430. The van der Waals surface area contributed by atoms with Gasteiger partial charge in [0.15, 0.2) is 47.7 Å². The van der Waals surface area contributed by atoms with Crippen molar-refractivity contribution in [3.05, 3.63) is 173 Å². The molecule has 0 spiro atoms. The minimum absolute atomic E-state index is 0.0582. The van der Waals surface area contributed by atoms with Crippen LogP contribution in [0, 0.1) is 40.5 Å². The highest BCUT2D eigenvalue weighted by atomic mass is 16.6. The number of nitrogens with one attached hydrogen (secondary N) is 5. The Morgan fingerprint density at radius 2 is 0.838 bits per heavy atom. The highest BCUT2D eigenvalue weighted by Crippen LogP contribution is 2.38. The zero-order chi connectivity index (χ0) is 57.9. The zero-order valence-corrected chi connectivity index (χ0v) is 43.0. The number of amides is 5. The summed E-state index contributed by atoms with van der Waals surface area (Å²) < 4.78 is 26.6. The van der Waals surface area contributed by atoms with Gasteiger partial charge in [-0.2, -0.15) is 0 Å². The van der Waals surface area contributed by atoms with Gasteiger partial charge >= 0.3 is 0 Å². The van der Waals surface area contributed by atoms with E-state index in [4.69, 9.17) is 23.7 Å². The minimum atomic E-state index is -0.625. The van der Waals surface area contributed by atoms with Crippen molar-refractivity contribution >= 4 is 80.7 Å². The first kappa shape index (κ1) is 57.0. The van der Waals surface area contributed by atoms with Crippen molar-refractivity contribution in [2.45, 2.75) is 78.0 Å². The molecule has 414 valence electrons. The first-order valence-electron chi connectivity index (χ1n) is 24.3. The van der Waals surface area contributed by atoms with Crippen LogP contribution in [0.1, 0.15) is 52.2 Å². The van der Waals surface area contributed by atoms with Crippen molar-refractivity contribution in [3.8, 4) is 28.7 Å². The van der Waals surface area contributed by atoms with Crippen LogP contribution in [0.15, 0.2) is 121 Å². The number of carbonyl (C=O) groups is 5. The number of anilines is 5. The van der Waals surface area contributed by atoms with Crippen LogP contribution in [0.5, 0.6) is 28.7 Å². The van der Waals surface area contributed by atoms with Crippen LogP contribution in [-0.2, 0) is 30.4 Å². The molecule has 0 saturated carbocycles. The van der Waals surface area contributed by atoms with E-state index in [0.717, 1.165) is 23.4 Å². The second kappa shape index (κ2) is 25.0. The fourth-order valence-electron chi connectivity index (χ4n) is 7.70. The molecule has 5 unspecified atom stereocenters. The van der Waals surface area contributed by atoms with Crippen LogP contribution >= 0.6 is 0 Å². The lowest BCUT2D eigenvalue weighted by Gasteiger charge is -2.24. The van der Waals surface area contributed by atoms with Crippen LogP contribution in [0.25, 0.3) is 0 Å². The Morgan fingerprint density at radius 3 is 1.36 bits per heavy atom. The number of non-ortho nitro benzene ring substituents is 3. The molecule has 0 radical (unpaired) electrons. The SMILES string of the molecule is CC1Oc2cc([N+](=O)[O-])ccc2NC1=O.CC1Oc2ccc(Cc3ccccc3)cc2NC1=O.CC1Oc2ccc([N+](=O)[O-])cc2NC1=O.CC1Oc2cccc([N+](=O)[O-])c2NC1=O.CCC1Oc2ccc([N+](=O)[O-])cc2NC1=O. The monoisotopic (exact) mass is 1100 g/mol.